The Morgan fingerprint density at radius 2 is 1.61 bits per heavy atom. The molecular formula is C15H35N3. The molecule has 0 aliphatic rings. The maximum Gasteiger partial charge on any atom is 0.00647 e. The van der Waals surface area contributed by atoms with E-state index in [-0.39, 0.29) is 0 Å². The second-order valence-corrected chi connectivity index (χ2v) is 5.40. The van der Waals surface area contributed by atoms with E-state index < -0.39 is 0 Å². The van der Waals surface area contributed by atoms with Crippen molar-refractivity contribution >= 4 is 0 Å². The summed E-state index contributed by atoms with van der Waals surface area (Å²) in [4.78, 5) is 4.86. The standard InChI is InChI=1S/C15H35N3/c1-6-15(16-7-2)11-9-13-18(8-3)14-10-12-17(4)5/h15-16H,6-14H2,1-5H3. The summed E-state index contributed by atoms with van der Waals surface area (Å²) < 4.78 is 0. The Morgan fingerprint density at radius 1 is 0.944 bits per heavy atom. The molecule has 110 valence electrons. The van der Waals surface area contributed by atoms with Crippen molar-refractivity contribution < 1.29 is 0 Å². The van der Waals surface area contributed by atoms with Gasteiger partial charge >= 0.3 is 0 Å². The predicted octanol–water partition coefficient (Wildman–Crippen LogP) is 2.43. The number of nitrogens with zero attached hydrogens (tertiary/aromatic N) is 2. The minimum Gasteiger partial charge on any atom is -0.314 e. The third-order valence-electron chi connectivity index (χ3n) is 3.54. The minimum atomic E-state index is 0.718. The fourth-order valence-electron chi connectivity index (χ4n) is 2.34. The van der Waals surface area contributed by atoms with E-state index in [0.29, 0.717) is 0 Å². The molecule has 0 aromatic rings. The lowest BCUT2D eigenvalue weighted by Gasteiger charge is -2.23. The first kappa shape index (κ1) is 17.9. The van der Waals surface area contributed by atoms with Crippen molar-refractivity contribution in [1.29, 1.82) is 0 Å². The van der Waals surface area contributed by atoms with E-state index in [2.05, 4.69) is 50.0 Å². The largest absolute Gasteiger partial charge is 0.314 e. The van der Waals surface area contributed by atoms with Gasteiger partial charge in [0, 0.05) is 6.04 Å². The van der Waals surface area contributed by atoms with E-state index in [9.17, 15) is 0 Å². The Hall–Kier alpha value is -0.120. The molecule has 0 aliphatic carbocycles. The zero-order valence-electron chi connectivity index (χ0n) is 13.3. The third kappa shape index (κ3) is 9.86. The topological polar surface area (TPSA) is 18.5 Å². The zero-order valence-corrected chi connectivity index (χ0v) is 13.3. The average Bonchev–Trinajstić information content (AvgIpc) is 2.35. The quantitative estimate of drug-likeness (QED) is 0.579. The molecule has 0 aliphatic heterocycles. The average molecular weight is 257 g/mol. The molecule has 0 saturated carbocycles. The third-order valence-corrected chi connectivity index (χ3v) is 3.54. The van der Waals surface area contributed by atoms with Crippen molar-refractivity contribution in [3.8, 4) is 0 Å². The second kappa shape index (κ2) is 11.9. The first-order valence-electron chi connectivity index (χ1n) is 7.74. The number of hydrogen-bond donors (Lipinski definition) is 1. The summed E-state index contributed by atoms with van der Waals surface area (Å²) in [5.74, 6) is 0. The van der Waals surface area contributed by atoms with E-state index in [1.807, 2.05) is 0 Å². The van der Waals surface area contributed by atoms with Gasteiger partial charge in [0.15, 0.2) is 0 Å². The molecule has 3 nitrogen and oxygen atoms in total. The molecule has 0 radical (unpaired) electrons. The zero-order chi connectivity index (χ0) is 13.8. The monoisotopic (exact) mass is 257 g/mol. The highest BCUT2D eigenvalue weighted by atomic mass is 15.1. The molecule has 0 heterocycles. The molecule has 0 amide bonds. The van der Waals surface area contributed by atoms with Crippen LogP contribution in [0.1, 0.15) is 46.5 Å². The molecule has 1 atom stereocenters. The molecule has 1 unspecified atom stereocenters. The van der Waals surface area contributed by atoms with Gasteiger partial charge in [-0.3, -0.25) is 0 Å². The second-order valence-electron chi connectivity index (χ2n) is 5.40. The van der Waals surface area contributed by atoms with Gasteiger partial charge in [-0.1, -0.05) is 20.8 Å². The van der Waals surface area contributed by atoms with Crippen LogP contribution in [-0.2, 0) is 0 Å². The molecule has 0 fully saturated rings. The van der Waals surface area contributed by atoms with Gasteiger partial charge in [-0.15, -0.1) is 0 Å². The summed E-state index contributed by atoms with van der Waals surface area (Å²) in [6.07, 6.45) is 5.17. The molecule has 1 N–H and O–H groups in total. The molecule has 0 saturated heterocycles. The van der Waals surface area contributed by atoms with E-state index in [4.69, 9.17) is 0 Å². The van der Waals surface area contributed by atoms with Crippen LogP contribution in [-0.4, -0.2) is 62.7 Å². The highest BCUT2D eigenvalue weighted by Crippen LogP contribution is 2.04. The van der Waals surface area contributed by atoms with Gasteiger partial charge in [0.1, 0.15) is 0 Å². The van der Waals surface area contributed by atoms with Gasteiger partial charge in [0.25, 0.3) is 0 Å². The molecule has 0 rings (SSSR count). The van der Waals surface area contributed by atoms with Crippen molar-refractivity contribution in [3.63, 3.8) is 0 Å². The van der Waals surface area contributed by atoms with E-state index in [0.717, 1.165) is 12.6 Å². The molecule has 0 spiro atoms. The Kier molecular flexibility index (Phi) is 11.9. The predicted molar refractivity (Wildman–Crippen MR) is 82.3 cm³/mol. The van der Waals surface area contributed by atoms with Crippen LogP contribution >= 0.6 is 0 Å². The smallest absolute Gasteiger partial charge is 0.00647 e. The van der Waals surface area contributed by atoms with E-state index >= 15 is 0 Å². The van der Waals surface area contributed by atoms with Crippen LogP contribution in [0.25, 0.3) is 0 Å². The van der Waals surface area contributed by atoms with Crippen LogP contribution < -0.4 is 5.32 Å². The normalized spacial score (nSPS) is 13.5. The Morgan fingerprint density at radius 3 is 2.11 bits per heavy atom. The molecular weight excluding hydrogens is 222 g/mol. The van der Waals surface area contributed by atoms with Crippen LogP contribution in [0, 0.1) is 0 Å². The van der Waals surface area contributed by atoms with Crippen LogP contribution in [0.4, 0.5) is 0 Å². The van der Waals surface area contributed by atoms with Crippen molar-refractivity contribution in [2.24, 2.45) is 0 Å². The summed E-state index contributed by atoms with van der Waals surface area (Å²) in [7, 11) is 4.30. The molecule has 3 heteroatoms. The molecule has 0 aromatic carbocycles. The lowest BCUT2D eigenvalue weighted by atomic mass is 10.1. The summed E-state index contributed by atoms with van der Waals surface area (Å²) in [6.45, 7) is 12.7. The van der Waals surface area contributed by atoms with Gasteiger partial charge in [-0.25, -0.2) is 0 Å². The fraction of sp³-hybridized carbons (Fsp3) is 1.00. The van der Waals surface area contributed by atoms with Crippen molar-refractivity contribution in [1.82, 2.24) is 15.1 Å². The summed E-state index contributed by atoms with van der Waals surface area (Å²) in [6, 6.07) is 0.718. The van der Waals surface area contributed by atoms with Crippen LogP contribution in [0.2, 0.25) is 0 Å². The van der Waals surface area contributed by atoms with Crippen LogP contribution in [0.3, 0.4) is 0 Å². The Balaban J connectivity index is 3.65. The number of rotatable bonds is 12. The van der Waals surface area contributed by atoms with Crippen molar-refractivity contribution in [3.05, 3.63) is 0 Å². The van der Waals surface area contributed by atoms with Crippen molar-refractivity contribution in [2.45, 2.75) is 52.5 Å². The summed E-state index contributed by atoms with van der Waals surface area (Å²) in [5.41, 5.74) is 0. The maximum absolute atomic E-state index is 3.56. The maximum atomic E-state index is 3.56. The fourth-order valence-corrected chi connectivity index (χ4v) is 2.34. The molecule has 18 heavy (non-hydrogen) atoms. The Labute approximate surface area is 115 Å². The van der Waals surface area contributed by atoms with Crippen LogP contribution in [0.5, 0.6) is 0 Å². The lowest BCUT2D eigenvalue weighted by Crippen LogP contribution is -2.31. The van der Waals surface area contributed by atoms with E-state index in [1.54, 1.807) is 0 Å². The van der Waals surface area contributed by atoms with Crippen LogP contribution in [0.15, 0.2) is 0 Å². The summed E-state index contributed by atoms with van der Waals surface area (Å²) >= 11 is 0. The van der Waals surface area contributed by atoms with Gasteiger partial charge in [-0.05, 0) is 72.5 Å². The first-order chi connectivity index (χ1) is 8.63. The van der Waals surface area contributed by atoms with E-state index in [1.165, 1.54) is 51.9 Å². The Bertz CT molecular complexity index is 171. The molecule has 0 aromatic heterocycles. The summed E-state index contributed by atoms with van der Waals surface area (Å²) in [5, 5.41) is 3.56. The van der Waals surface area contributed by atoms with Gasteiger partial charge in [-0.2, -0.15) is 0 Å². The van der Waals surface area contributed by atoms with Gasteiger partial charge in [0.2, 0.25) is 0 Å². The number of hydrogen-bond acceptors (Lipinski definition) is 3. The highest BCUT2D eigenvalue weighted by Gasteiger charge is 2.06. The molecule has 0 bridgehead atoms. The number of nitrogens with one attached hydrogen (secondary N) is 1. The highest BCUT2D eigenvalue weighted by molar-refractivity contribution is 4.66. The first-order valence-corrected chi connectivity index (χ1v) is 7.74. The van der Waals surface area contributed by atoms with Crippen molar-refractivity contribution in [2.75, 3.05) is 46.8 Å². The lowest BCUT2D eigenvalue weighted by molar-refractivity contribution is 0.256. The van der Waals surface area contributed by atoms with Gasteiger partial charge < -0.3 is 15.1 Å². The SMILES string of the molecule is CCNC(CC)CCCN(CC)CCCN(C)C. The minimum absolute atomic E-state index is 0.718. The van der Waals surface area contributed by atoms with Gasteiger partial charge in [0.05, 0.1) is 0 Å².